The van der Waals surface area contributed by atoms with Crippen molar-refractivity contribution in [3.05, 3.63) is 53.4 Å². The average molecular weight is 279 g/mol. The van der Waals surface area contributed by atoms with Crippen LogP contribution in [0, 0.1) is 12.8 Å². The summed E-state index contributed by atoms with van der Waals surface area (Å²) < 4.78 is 10.8. The highest BCUT2D eigenvalue weighted by molar-refractivity contribution is 5.50. The molecule has 2 heterocycles. The van der Waals surface area contributed by atoms with Crippen LogP contribution in [0.1, 0.15) is 34.5 Å². The quantitative estimate of drug-likeness (QED) is 0.721. The van der Waals surface area contributed by atoms with Gasteiger partial charge in [0.15, 0.2) is 12.2 Å². The molecule has 0 radical (unpaired) electrons. The SMILES string of the molecule is Cc1ncoc1-c1noc(C2C3Cc4ccccc4C32)n1. The zero-order valence-corrected chi connectivity index (χ0v) is 11.5. The van der Waals surface area contributed by atoms with Crippen LogP contribution in [0.15, 0.2) is 39.6 Å². The maximum absolute atomic E-state index is 5.47. The molecule has 0 bridgehead atoms. The molecule has 0 saturated heterocycles. The predicted molar refractivity (Wildman–Crippen MR) is 73.7 cm³/mol. The molecule has 5 heteroatoms. The number of hydrogen-bond acceptors (Lipinski definition) is 5. The summed E-state index contributed by atoms with van der Waals surface area (Å²) >= 11 is 0. The van der Waals surface area contributed by atoms with E-state index >= 15 is 0 Å². The summed E-state index contributed by atoms with van der Waals surface area (Å²) in [5, 5.41) is 4.04. The van der Waals surface area contributed by atoms with Crippen molar-refractivity contribution in [3.63, 3.8) is 0 Å². The second kappa shape index (κ2) is 3.81. The molecular formula is C16H13N3O2. The number of oxazole rings is 1. The Kier molecular flexibility index (Phi) is 2.04. The summed E-state index contributed by atoms with van der Waals surface area (Å²) in [6, 6.07) is 8.65. The van der Waals surface area contributed by atoms with Gasteiger partial charge in [-0.2, -0.15) is 4.98 Å². The molecule has 0 aliphatic heterocycles. The minimum atomic E-state index is 0.365. The van der Waals surface area contributed by atoms with Gasteiger partial charge in [0, 0.05) is 5.92 Å². The highest BCUT2D eigenvalue weighted by Gasteiger charge is 2.58. The van der Waals surface area contributed by atoms with Crippen LogP contribution in [0.3, 0.4) is 0 Å². The molecule has 1 fully saturated rings. The molecule has 21 heavy (non-hydrogen) atoms. The Morgan fingerprint density at radius 3 is 2.95 bits per heavy atom. The third kappa shape index (κ3) is 1.48. The van der Waals surface area contributed by atoms with Crippen molar-refractivity contribution in [1.29, 1.82) is 0 Å². The van der Waals surface area contributed by atoms with E-state index in [1.165, 1.54) is 17.5 Å². The number of aryl methyl sites for hydroxylation is 1. The van der Waals surface area contributed by atoms with Gasteiger partial charge in [-0.1, -0.05) is 29.4 Å². The monoisotopic (exact) mass is 279 g/mol. The van der Waals surface area contributed by atoms with Crippen LogP contribution in [0.2, 0.25) is 0 Å². The number of fused-ring (bicyclic) bond motifs is 3. The zero-order valence-electron chi connectivity index (χ0n) is 11.5. The maximum atomic E-state index is 5.47. The van der Waals surface area contributed by atoms with Crippen molar-refractivity contribution in [2.45, 2.75) is 25.2 Å². The first-order valence-electron chi connectivity index (χ1n) is 7.15. The van der Waals surface area contributed by atoms with E-state index in [0.29, 0.717) is 29.3 Å². The number of hydrogen-bond donors (Lipinski definition) is 0. The molecule has 1 saturated carbocycles. The molecule has 1 aromatic carbocycles. The lowest BCUT2D eigenvalue weighted by Crippen LogP contribution is -1.93. The van der Waals surface area contributed by atoms with Crippen molar-refractivity contribution in [2.24, 2.45) is 5.92 Å². The van der Waals surface area contributed by atoms with Gasteiger partial charge in [-0.15, -0.1) is 0 Å². The van der Waals surface area contributed by atoms with E-state index in [2.05, 4.69) is 39.4 Å². The van der Waals surface area contributed by atoms with Gasteiger partial charge in [-0.3, -0.25) is 0 Å². The van der Waals surface area contributed by atoms with Crippen LogP contribution in [0.4, 0.5) is 0 Å². The van der Waals surface area contributed by atoms with Crippen LogP contribution < -0.4 is 0 Å². The van der Waals surface area contributed by atoms with Crippen LogP contribution >= 0.6 is 0 Å². The highest BCUT2D eigenvalue weighted by Crippen LogP contribution is 2.66. The fraction of sp³-hybridized carbons (Fsp3) is 0.312. The van der Waals surface area contributed by atoms with E-state index in [1.54, 1.807) is 0 Å². The molecule has 2 aliphatic carbocycles. The Labute approximate surface area is 121 Å². The van der Waals surface area contributed by atoms with Crippen LogP contribution in [-0.2, 0) is 6.42 Å². The fourth-order valence-corrected chi connectivity index (χ4v) is 3.67. The maximum Gasteiger partial charge on any atom is 0.240 e. The standard InChI is InChI=1S/C16H13N3O2/c1-8-14(20-7-17-8)15-18-16(21-19-15)13-11-6-9-4-2-3-5-10(9)12(11)13/h2-5,7,11-13H,6H2,1H3. The molecule has 3 unspecified atom stereocenters. The molecular weight excluding hydrogens is 266 g/mol. The molecule has 2 aromatic heterocycles. The highest BCUT2D eigenvalue weighted by atomic mass is 16.5. The summed E-state index contributed by atoms with van der Waals surface area (Å²) in [6.45, 7) is 1.87. The van der Waals surface area contributed by atoms with Crippen molar-refractivity contribution in [3.8, 4) is 11.6 Å². The Morgan fingerprint density at radius 2 is 2.10 bits per heavy atom. The topological polar surface area (TPSA) is 65.0 Å². The minimum Gasteiger partial charge on any atom is -0.440 e. The normalized spacial score (nSPS) is 25.7. The second-order valence-corrected chi connectivity index (χ2v) is 5.84. The molecule has 3 aromatic rings. The van der Waals surface area contributed by atoms with E-state index in [0.717, 1.165) is 18.0 Å². The number of rotatable bonds is 2. The fourth-order valence-electron chi connectivity index (χ4n) is 3.67. The molecule has 0 spiro atoms. The lowest BCUT2D eigenvalue weighted by molar-refractivity contribution is 0.373. The summed E-state index contributed by atoms with van der Waals surface area (Å²) in [7, 11) is 0. The zero-order chi connectivity index (χ0) is 14.0. The summed E-state index contributed by atoms with van der Waals surface area (Å²) in [6.07, 6.45) is 2.52. The molecule has 5 rings (SSSR count). The second-order valence-electron chi connectivity index (χ2n) is 5.84. The number of nitrogens with zero attached hydrogens (tertiary/aromatic N) is 3. The Bertz CT molecular complexity index is 835. The van der Waals surface area contributed by atoms with E-state index in [1.807, 2.05) is 6.92 Å². The van der Waals surface area contributed by atoms with Crippen LogP contribution in [0.5, 0.6) is 0 Å². The Hall–Kier alpha value is -2.43. The van der Waals surface area contributed by atoms with Crippen LogP contribution in [-0.4, -0.2) is 15.1 Å². The lowest BCUT2D eigenvalue weighted by Gasteiger charge is -2.03. The molecule has 5 nitrogen and oxygen atoms in total. The van der Waals surface area contributed by atoms with Gasteiger partial charge in [0.1, 0.15) is 0 Å². The molecule has 3 atom stereocenters. The third-order valence-electron chi connectivity index (χ3n) is 4.71. The summed E-state index contributed by atoms with van der Waals surface area (Å²) in [5.41, 5.74) is 3.70. The van der Waals surface area contributed by atoms with Crippen molar-refractivity contribution in [1.82, 2.24) is 15.1 Å². The predicted octanol–water partition coefficient (Wildman–Crippen LogP) is 3.09. The Balaban J connectivity index is 1.47. The van der Waals surface area contributed by atoms with Gasteiger partial charge in [0.25, 0.3) is 0 Å². The van der Waals surface area contributed by atoms with E-state index < -0.39 is 0 Å². The number of benzene rings is 1. The Morgan fingerprint density at radius 1 is 1.19 bits per heavy atom. The molecule has 104 valence electrons. The van der Waals surface area contributed by atoms with Gasteiger partial charge in [0.05, 0.1) is 5.69 Å². The van der Waals surface area contributed by atoms with Crippen molar-refractivity contribution >= 4 is 0 Å². The summed E-state index contributed by atoms with van der Waals surface area (Å²) in [5.74, 6) is 3.35. The summed E-state index contributed by atoms with van der Waals surface area (Å²) in [4.78, 5) is 8.58. The molecule has 2 aliphatic rings. The van der Waals surface area contributed by atoms with Gasteiger partial charge >= 0.3 is 0 Å². The largest absolute Gasteiger partial charge is 0.440 e. The number of aromatic nitrogens is 3. The first-order valence-corrected chi connectivity index (χ1v) is 7.15. The van der Waals surface area contributed by atoms with Crippen molar-refractivity contribution in [2.75, 3.05) is 0 Å². The van der Waals surface area contributed by atoms with Crippen LogP contribution in [0.25, 0.3) is 11.6 Å². The lowest BCUT2D eigenvalue weighted by atomic mass is 10.0. The average Bonchev–Trinajstić information content (AvgIpc) is 2.94. The van der Waals surface area contributed by atoms with Gasteiger partial charge in [-0.25, -0.2) is 4.98 Å². The van der Waals surface area contributed by atoms with Gasteiger partial charge in [0.2, 0.25) is 11.7 Å². The van der Waals surface area contributed by atoms with Gasteiger partial charge in [-0.05, 0) is 36.3 Å². The van der Waals surface area contributed by atoms with E-state index in [4.69, 9.17) is 8.94 Å². The van der Waals surface area contributed by atoms with E-state index in [-0.39, 0.29) is 0 Å². The molecule has 0 amide bonds. The van der Waals surface area contributed by atoms with Crippen molar-refractivity contribution < 1.29 is 8.94 Å². The third-order valence-corrected chi connectivity index (χ3v) is 4.71. The first-order chi connectivity index (χ1) is 10.3. The molecule has 0 N–H and O–H groups in total. The first kappa shape index (κ1) is 11.3. The minimum absolute atomic E-state index is 0.365. The van der Waals surface area contributed by atoms with Gasteiger partial charge < -0.3 is 8.94 Å². The van der Waals surface area contributed by atoms with E-state index in [9.17, 15) is 0 Å². The smallest absolute Gasteiger partial charge is 0.240 e.